The monoisotopic (exact) mass is 266 g/mol. The number of hydrogen-bond donors (Lipinski definition) is 1. The largest absolute Gasteiger partial charge is 0.397 e. The molecular formula is C15H23ClN2. The Morgan fingerprint density at radius 1 is 1.17 bits per heavy atom. The lowest BCUT2D eigenvalue weighted by Crippen LogP contribution is -2.39. The molecule has 1 aliphatic rings. The first-order chi connectivity index (χ1) is 8.40. The van der Waals surface area contributed by atoms with Gasteiger partial charge in [0.15, 0.2) is 0 Å². The van der Waals surface area contributed by atoms with Gasteiger partial charge in [-0.05, 0) is 49.3 Å². The lowest BCUT2D eigenvalue weighted by molar-refractivity contribution is 0.356. The van der Waals surface area contributed by atoms with Crippen LogP contribution in [0.2, 0.25) is 5.02 Å². The van der Waals surface area contributed by atoms with Crippen LogP contribution >= 0.6 is 11.6 Å². The van der Waals surface area contributed by atoms with Gasteiger partial charge in [-0.1, -0.05) is 25.4 Å². The quantitative estimate of drug-likeness (QED) is 0.778. The second-order valence-corrected chi connectivity index (χ2v) is 6.30. The smallest absolute Gasteiger partial charge is 0.0658 e. The molecule has 1 saturated heterocycles. The average molecular weight is 267 g/mol. The molecule has 0 bridgehead atoms. The Labute approximate surface area is 115 Å². The van der Waals surface area contributed by atoms with Crippen LogP contribution in [0.25, 0.3) is 0 Å². The minimum atomic E-state index is 0.680. The molecular weight excluding hydrogens is 244 g/mol. The Hall–Kier alpha value is -0.890. The van der Waals surface area contributed by atoms with E-state index in [1.807, 2.05) is 6.07 Å². The number of hydrogen-bond acceptors (Lipinski definition) is 2. The molecule has 1 fully saturated rings. The van der Waals surface area contributed by atoms with E-state index in [4.69, 9.17) is 17.3 Å². The molecule has 2 rings (SSSR count). The third kappa shape index (κ3) is 2.44. The van der Waals surface area contributed by atoms with E-state index in [0.717, 1.165) is 36.2 Å². The highest BCUT2D eigenvalue weighted by atomic mass is 35.5. The molecule has 0 saturated carbocycles. The predicted molar refractivity (Wildman–Crippen MR) is 80.5 cm³/mol. The van der Waals surface area contributed by atoms with Gasteiger partial charge in [-0.15, -0.1) is 0 Å². The van der Waals surface area contributed by atoms with Gasteiger partial charge in [-0.3, -0.25) is 0 Å². The van der Waals surface area contributed by atoms with E-state index in [-0.39, 0.29) is 0 Å². The first-order valence-corrected chi connectivity index (χ1v) is 7.08. The van der Waals surface area contributed by atoms with Crippen molar-refractivity contribution in [3.05, 3.63) is 22.2 Å². The maximum Gasteiger partial charge on any atom is 0.0658 e. The van der Waals surface area contributed by atoms with Crippen molar-refractivity contribution in [2.45, 2.75) is 34.1 Å². The molecule has 1 aromatic carbocycles. The van der Waals surface area contributed by atoms with E-state index < -0.39 is 0 Å². The number of nitrogen functional groups attached to an aromatic ring is 1. The molecule has 0 radical (unpaired) electrons. The summed E-state index contributed by atoms with van der Waals surface area (Å²) in [6.07, 6.45) is 1.32. The summed E-state index contributed by atoms with van der Waals surface area (Å²) in [4.78, 5) is 2.46. The molecule has 18 heavy (non-hydrogen) atoms. The molecule has 1 heterocycles. The Kier molecular flexibility index (Phi) is 3.76. The van der Waals surface area contributed by atoms with Crippen molar-refractivity contribution in [2.24, 2.45) is 11.8 Å². The Balaban J connectivity index is 2.39. The van der Waals surface area contributed by atoms with Crippen LogP contribution in [0.15, 0.2) is 6.07 Å². The fourth-order valence-electron chi connectivity index (χ4n) is 3.07. The van der Waals surface area contributed by atoms with E-state index in [2.05, 4.69) is 32.6 Å². The number of halogens is 1. The van der Waals surface area contributed by atoms with Crippen molar-refractivity contribution in [3.63, 3.8) is 0 Å². The summed E-state index contributed by atoms with van der Waals surface area (Å²) >= 11 is 6.23. The van der Waals surface area contributed by atoms with Gasteiger partial charge in [0, 0.05) is 18.8 Å². The third-order valence-electron chi connectivity index (χ3n) is 4.08. The van der Waals surface area contributed by atoms with Crippen molar-refractivity contribution >= 4 is 23.0 Å². The molecule has 100 valence electrons. The summed E-state index contributed by atoms with van der Waals surface area (Å²) in [6.45, 7) is 11.1. The summed E-state index contributed by atoms with van der Waals surface area (Å²) in [5.41, 5.74) is 10.3. The molecule has 0 amide bonds. The molecule has 0 aromatic heterocycles. The molecule has 2 nitrogen and oxygen atoms in total. The molecule has 3 heteroatoms. The molecule has 1 aliphatic heterocycles. The first-order valence-electron chi connectivity index (χ1n) is 6.70. The van der Waals surface area contributed by atoms with Crippen LogP contribution < -0.4 is 10.6 Å². The number of piperidine rings is 1. The second-order valence-electron chi connectivity index (χ2n) is 5.89. The predicted octanol–water partition coefficient (Wildman–Crippen LogP) is 4.02. The summed E-state index contributed by atoms with van der Waals surface area (Å²) < 4.78 is 0. The van der Waals surface area contributed by atoms with E-state index in [1.54, 1.807) is 0 Å². The molecule has 2 atom stereocenters. The second kappa shape index (κ2) is 5.00. The lowest BCUT2D eigenvalue weighted by Gasteiger charge is -2.38. The van der Waals surface area contributed by atoms with Crippen LogP contribution in [0.5, 0.6) is 0 Å². The molecule has 1 aromatic rings. The van der Waals surface area contributed by atoms with Crippen LogP contribution in [-0.2, 0) is 0 Å². The SMILES string of the molecule is Cc1c(N2CC(C)CC(C)C2)cc(Cl)c(N)c1C. The van der Waals surface area contributed by atoms with Gasteiger partial charge in [0.05, 0.1) is 10.7 Å². The fraction of sp³-hybridized carbons (Fsp3) is 0.600. The lowest BCUT2D eigenvalue weighted by atomic mass is 9.91. The van der Waals surface area contributed by atoms with Crippen molar-refractivity contribution < 1.29 is 0 Å². The van der Waals surface area contributed by atoms with Crippen LogP contribution in [-0.4, -0.2) is 13.1 Å². The van der Waals surface area contributed by atoms with Gasteiger partial charge in [-0.2, -0.15) is 0 Å². The number of rotatable bonds is 1. The molecule has 2 N–H and O–H groups in total. The van der Waals surface area contributed by atoms with Crippen molar-refractivity contribution in [1.29, 1.82) is 0 Å². The molecule has 0 aliphatic carbocycles. The standard InChI is InChI=1S/C15H23ClN2/c1-9-5-10(2)8-18(7-9)14-6-13(16)15(17)12(4)11(14)3/h6,9-10H,5,7-8,17H2,1-4H3. The highest BCUT2D eigenvalue weighted by Gasteiger charge is 2.24. The normalized spacial score (nSPS) is 24.4. The van der Waals surface area contributed by atoms with Gasteiger partial charge >= 0.3 is 0 Å². The number of nitrogens with zero attached hydrogens (tertiary/aromatic N) is 1. The van der Waals surface area contributed by atoms with Crippen molar-refractivity contribution in [2.75, 3.05) is 23.7 Å². The maximum absolute atomic E-state index is 6.23. The van der Waals surface area contributed by atoms with Crippen LogP contribution in [0.3, 0.4) is 0 Å². The van der Waals surface area contributed by atoms with Crippen LogP contribution in [0, 0.1) is 25.7 Å². The Morgan fingerprint density at radius 2 is 1.72 bits per heavy atom. The molecule has 0 spiro atoms. The zero-order valence-electron chi connectivity index (χ0n) is 11.8. The zero-order valence-corrected chi connectivity index (χ0v) is 12.5. The highest BCUT2D eigenvalue weighted by molar-refractivity contribution is 6.33. The van der Waals surface area contributed by atoms with E-state index in [9.17, 15) is 0 Å². The summed E-state index contributed by atoms with van der Waals surface area (Å²) in [5.74, 6) is 1.48. The molecule has 2 unspecified atom stereocenters. The zero-order chi connectivity index (χ0) is 13.4. The topological polar surface area (TPSA) is 29.3 Å². The first kappa shape index (κ1) is 13.5. The fourth-order valence-corrected chi connectivity index (χ4v) is 3.31. The van der Waals surface area contributed by atoms with E-state index in [0.29, 0.717) is 5.02 Å². The van der Waals surface area contributed by atoms with Crippen molar-refractivity contribution in [3.8, 4) is 0 Å². The Bertz CT molecular complexity index is 446. The minimum absolute atomic E-state index is 0.680. The maximum atomic E-state index is 6.23. The Morgan fingerprint density at radius 3 is 2.28 bits per heavy atom. The summed E-state index contributed by atoms with van der Waals surface area (Å²) in [7, 11) is 0. The number of anilines is 2. The number of nitrogens with two attached hydrogens (primary N) is 1. The number of benzene rings is 1. The van der Waals surface area contributed by atoms with Gasteiger partial charge < -0.3 is 10.6 Å². The van der Waals surface area contributed by atoms with Crippen molar-refractivity contribution in [1.82, 2.24) is 0 Å². The van der Waals surface area contributed by atoms with Gasteiger partial charge in [0.2, 0.25) is 0 Å². The summed E-state index contributed by atoms with van der Waals surface area (Å²) in [5, 5.41) is 0.680. The van der Waals surface area contributed by atoms with Gasteiger partial charge in [0.1, 0.15) is 0 Å². The van der Waals surface area contributed by atoms with Crippen LogP contribution in [0.1, 0.15) is 31.4 Å². The van der Waals surface area contributed by atoms with Gasteiger partial charge in [0.25, 0.3) is 0 Å². The average Bonchev–Trinajstić information content (AvgIpc) is 2.30. The van der Waals surface area contributed by atoms with E-state index in [1.165, 1.54) is 17.7 Å². The van der Waals surface area contributed by atoms with Crippen LogP contribution in [0.4, 0.5) is 11.4 Å². The summed E-state index contributed by atoms with van der Waals surface area (Å²) in [6, 6.07) is 2.03. The van der Waals surface area contributed by atoms with E-state index >= 15 is 0 Å². The van der Waals surface area contributed by atoms with Gasteiger partial charge in [-0.25, -0.2) is 0 Å². The highest BCUT2D eigenvalue weighted by Crippen LogP contribution is 2.36. The minimum Gasteiger partial charge on any atom is -0.397 e. The third-order valence-corrected chi connectivity index (χ3v) is 4.39.